The second kappa shape index (κ2) is 8.45. The van der Waals surface area contributed by atoms with Crippen LogP contribution in [0.4, 0.5) is 10.1 Å². The number of halogens is 1. The average Bonchev–Trinajstić information content (AvgIpc) is 3.23. The Labute approximate surface area is 168 Å². The molecule has 4 rings (SSSR count). The van der Waals surface area contributed by atoms with Gasteiger partial charge >= 0.3 is 0 Å². The first-order chi connectivity index (χ1) is 14.2. The lowest BCUT2D eigenvalue weighted by molar-refractivity contribution is 0.205. The molecule has 6 nitrogen and oxygen atoms in total. The Kier molecular flexibility index (Phi) is 5.57. The number of anilines is 1. The van der Waals surface area contributed by atoms with Crippen molar-refractivity contribution in [3.05, 3.63) is 66.2 Å². The molecule has 0 radical (unpaired) electrons. The van der Waals surface area contributed by atoms with Crippen molar-refractivity contribution >= 4 is 5.69 Å². The van der Waals surface area contributed by atoms with E-state index in [0.29, 0.717) is 12.2 Å². The van der Waals surface area contributed by atoms with E-state index in [1.165, 1.54) is 18.3 Å². The molecule has 1 aliphatic rings. The molecule has 1 saturated heterocycles. The van der Waals surface area contributed by atoms with Crippen LogP contribution in [0.25, 0.3) is 11.3 Å². The molecule has 0 amide bonds. The third-order valence-electron chi connectivity index (χ3n) is 4.97. The molecule has 29 heavy (non-hydrogen) atoms. The molecule has 0 saturated carbocycles. The molecule has 2 aromatic heterocycles. The van der Waals surface area contributed by atoms with Crippen molar-refractivity contribution in [2.75, 3.05) is 25.1 Å². The number of rotatable bonds is 6. The molecule has 150 valence electrons. The molecule has 3 heterocycles. The number of nitrogens with zero attached hydrogens (tertiary/aromatic N) is 3. The van der Waals surface area contributed by atoms with Gasteiger partial charge in [0, 0.05) is 24.7 Å². The molecule has 0 bridgehead atoms. The van der Waals surface area contributed by atoms with E-state index in [1.807, 2.05) is 36.4 Å². The highest BCUT2D eigenvalue weighted by molar-refractivity contribution is 5.69. The van der Waals surface area contributed by atoms with Crippen molar-refractivity contribution in [1.82, 2.24) is 9.97 Å². The van der Waals surface area contributed by atoms with Gasteiger partial charge in [-0.05, 0) is 36.4 Å². The first-order valence-electron chi connectivity index (χ1n) is 9.46. The SMILES string of the molecule is COc1ccccc1-c1ccc(N2CC[C@H](Oc3ncccc3F)C2)c(CO)n1. The van der Waals surface area contributed by atoms with Gasteiger partial charge in [0.25, 0.3) is 5.88 Å². The Balaban J connectivity index is 1.54. The minimum absolute atomic E-state index is 0.0198. The third-order valence-corrected chi connectivity index (χ3v) is 4.97. The molecule has 1 fully saturated rings. The Hall–Kier alpha value is -3.19. The summed E-state index contributed by atoms with van der Waals surface area (Å²) in [6.07, 6.45) is 2.06. The Morgan fingerprint density at radius 1 is 1.17 bits per heavy atom. The predicted molar refractivity (Wildman–Crippen MR) is 108 cm³/mol. The van der Waals surface area contributed by atoms with Crippen LogP contribution in [0.15, 0.2) is 54.7 Å². The number of aliphatic hydroxyl groups is 1. The number of aliphatic hydroxyl groups excluding tert-OH is 1. The first-order valence-corrected chi connectivity index (χ1v) is 9.46. The molecule has 0 unspecified atom stereocenters. The Bertz CT molecular complexity index is 999. The van der Waals surface area contributed by atoms with Crippen molar-refractivity contribution in [3.63, 3.8) is 0 Å². The zero-order valence-electron chi connectivity index (χ0n) is 16.1. The van der Waals surface area contributed by atoms with E-state index in [9.17, 15) is 9.50 Å². The van der Waals surface area contributed by atoms with Gasteiger partial charge in [-0.1, -0.05) is 12.1 Å². The number of ether oxygens (including phenoxy) is 2. The maximum atomic E-state index is 13.8. The fourth-order valence-electron chi connectivity index (χ4n) is 3.56. The molecule has 1 aliphatic heterocycles. The van der Waals surface area contributed by atoms with Gasteiger partial charge in [0.1, 0.15) is 11.9 Å². The number of pyridine rings is 2. The zero-order chi connectivity index (χ0) is 20.2. The normalized spacial score (nSPS) is 16.1. The van der Waals surface area contributed by atoms with Crippen molar-refractivity contribution in [2.45, 2.75) is 19.1 Å². The zero-order valence-corrected chi connectivity index (χ0v) is 16.1. The Morgan fingerprint density at radius 2 is 2.03 bits per heavy atom. The second-order valence-corrected chi connectivity index (χ2v) is 6.79. The summed E-state index contributed by atoms with van der Waals surface area (Å²) in [6.45, 7) is 1.11. The summed E-state index contributed by atoms with van der Waals surface area (Å²) in [5.41, 5.74) is 3.03. The van der Waals surface area contributed by atoms with Crippen LogP contribution in [0, 0.1) is 5.82 Å². The summed E-state index contributed by atoms with van der Waals surface area (Å²) >= 11 is 0. The van der Waals surface area contributed by atoms with Gasteiger partial charge in [-0.3, -0.25) is 0 Å². The van der Waals surface area contributed by atoms with Crippen molar-refractivity contribution in [3.8, 4) is 22.9 Å². The number of aromatic nitrogens is 2. The molecule has 1 N–H and O–H groups in total. The van der Waals surface area contributed by atoms with Crippen LogP contribution in [0.2, 0.25) is 0 Å². The highest BCUT2D eigenvalue weighted by atomic mass is 19.1. The standard InChI is InChI=1S/C22H22FN3O3/c1-28-21-7-3-2-5-16(21)18-8-9-20(19(14-27)25-18)26-12-10-15(13-26)29-22-17(23)6-4-11-24-22/h2-9,11,15,27H,10,12-14H2,1H3/t15-/m0/s1. The van der Waals surface area contributed by atoms with Crippen LogP contribution in [-0.4, -0.2) is 41.4 Å². The number of para-hydroxylation sites is 1. The third kappa shape index (κ3) is 4.00. The lowest BCUT2D eigenvalue weighted by Gasteiger charge is -2.22. The lowest BCUT2D eigenvalue weighted by Crippen LogP contribution is -2.26. The molecular weight excluding hydrogens is 373 g/mol. The monoisotopic (exact) mass is 395 g/mol. The van der Waals surface area contributed by atoms with E-state index in [0.717, 1.165) is 35.7 Å². The van der Waals surface area contributed by atoms with E-state index < -0.39 is 5.82 Å². The second-order valence-electron chi connectivity index (χ2n) is 6.79. The molecular formula is C22H22FN3O3. The molecule has 1 atom stereocenters. The smallest absolute Gasteiger partial charge is 0.250 e. The largest absolute Gasteiger partial charge is 0.496 e. The molecule has 0 spiro atoms. The average molecular weight is 395 g/mol. The van der Waals surface area contributed by atoms with Crippen molar-refractivity contribution in [2.24, 2.45) is 0 Å². The number of benzene rings is 1. The van der Waals surface area contributed by atoms with Gasteiger partial charge < -0.3 is 19.5 Å². The molecule has 3 aromatic rings. The number of hydrogen-bond donors (Lipinski definition) is 1. The first kappa shape index (κ1) is 19.1. The van der Waals surface area contributed by atoms with Gasteiger partial charge in [0.2, 0.25) is 0 Å². The highest BCUT2D eigenvalue weighted by Crippen LogP contribution is 2.32. The van der Waals surface area contributed by atoms with Crippen LogP contribution in [-0.2, 0) is 6.61 Å². The fourth-order valence-corrected chi connectivity index (χ4v) is 3.56. The summed E-state index contributed by atoms with van der Waals surface area (Å²) in [5.74, 6) is 0.278. The molecule has 0 aliphatic carbocycles. The van der Waals surface area contributed by atoms with Crippen molar-refractivity contribution < 1.29 is 19.0 Å². The van der Waals surface area contributed by atoms with Crippen LogP contribution < -0.4 is 14.4 Å². The van der Waals surface area contributed by atoms with Crippen LogP contribution >= 0.6 is 0 Å². The van der Waals surface area contributed by atoms with Gasteiger partial charge in [-0.25, -0.2) is 14.4 Å². The van der Waals surface area contributed by atoms with Gasteiger partial charge in [0.15, 0.2) is 5.82 Å². The van der Waals surface area contributed by atoms with Crippen molar-refractivity contribution in [1.29, 1.82) is 0 Å². The van der Waals surface area contributed by atoms with E-state index in [2.05, 4.69) is 14.9 Å². The van der Waals surface area contributed by atoms with E-state index in [1.54, 1.807) is 7.11 Å². The quantitative estimate of drug-likeness (QED) is 0.690. The van der Waals surface area contributed by atoms with E-state index >= 15 is 0 Å². The van der Waals surface area contributed by atoms with Crippen LogP contribution in [0.1, 0.15) is 12.1 Å². The predicted octanol–water partition coefficient (Wildman–Crippen LogP) is 3.44. The molecule has 1 aromatic carbocycles. The highest BCUT2D eigenvalue weighted by Gasteiger charge is 2.27. The lowest BCUT2D eigenvalue weighted by atomic mass is 10.1. The summed E-state index contributed by atoms with van der Waals surface area (Å²) in [5, 5.41) is 9.90. The van der Waals surface area contributed by atoms with Gasteiger partial charge in [0.05, 0.1) is 37.3 Å². The van der Waals surface area contributed by atoms with Gasteiger partial charge in [-0.15, -0.1) is 0 Å². The van der Waals surface area contributed by atoms with E-state index in [-0.39, 0.29) is 18.6 Å². The van der Waals surface area contributed by atoms with E-state index in [4.69, 9.17) is 9.47 Å². The molecule has 7 heteroatoms. The minimum Gasteiger partial charge on any atom is -0.496 e. The maximum absolute atomic E-state index is 13.8. The topological polar surface area (TPSA) is 67.7 Å². The summed E-state index contributed by atoms with van der Waals surface area (Å²) in [6, 6.07) is 14.4. The summed E-state index contributed by atoms with van der Waals surface area (Å²) in [7, 11) is 1.62. The maximum Gasteiger partial charge on any atom is 0.250 e. The summed E-state index contributed by atoms with van der Waals surface area (Å²) < 4.78 is 24.9. The number of methoxy groups -OCH3 is 1. The minimum atomic E-state index is -0.468. The fraction of sp³-hybridized carbons (Fsp3) is 0.273. The number of hydrogen-bond acceptors (Lipinski definition) is 6. The van der Waals surface area contributed by atoms with Crippen LogP contribution in [0.5, 0.6) is 11.6 Å². The van der Waals surface area contributed by atoms with Gasteiger partial charge in [-0.2, -0.15) is 0 Å². The summed E-state index contributed by atoms with van der Waals surface area (Å²) in [4.78, 5) is 10.7. The Morgan fingerprint density at radius 3 is 2.83 bits per heavy atom. The van der Waals surface area contributed by atoms with Crippen LogP contribution in [0.3, 0.4) is 0 Å².